The molecule has 0 spiro atoms. The molecule has 1 heterocycles. The summed E-state index contributed by atoms with van der Waals surface area (Å²) in [5.41, 5.74) is 1.24. The zero-order chi connectivity index (χ0) is 10.7. The highest BCUT2D eigenvalue weighted by molar-refractivity contribution is 6.32. The van der Waals surface area contributed by atoms with Crippen molar-refractivity contribution < 1.29 is 14.4 Å². The van der Waals surface area contributed by atoms with Gasteiger partial charge in [-0.3, -0.25) is 4.79 Å². The maximum absolute atomic E-state index is 11.1. The van der Waals surface area contributed by atoms with Crippen molar-refractivity contribution in [3.8, 4) is 0 Å². The molecule has 0 aliphatic rings. The Balaban J connectivity index is 2.32. The van der Waals surface area contributed by atoms with Gasteiger partial charge in [-0.2, -0.15) is 0 Å². The van der Waals surface area contributed by atoms with Gasteiger partial charge in [0.25, 0.3) is 5.91 Å². The van der Waals surface area contributed by atoms with E-state index in [1.54, 1.807) is 6.07 Å². The number of oxime groups is 1. The SMILES string of the molecule is O=C(/C=N/O)Nc1coc2ccccc12. The maximum Gasteiger partial charge on any atom is 0.270 e. The van der Waals surface area contributed by atoms with E-state index >= 15 is 0 Å². The van der Waals surface area contributed by atoms with Gasteiger partial charge in [0.1, 0.15) is 18.1 Å². The number of fused-ring (bicyclic) bond motifs is 1. The zero-order valence-corrected chi connectivity index (χ0v) is 7.68. The van der Waals surface area contributed by atoms with E-state index in [0.717, 1.165) is 11.6 Å². The normalized spacial score (nSPS) is 10.9. The molecule has 2 aromatic rings. The lowest BCUT2D eigenvalue weighted by molar-refractivity contribution is -0.110. The van der Waals surface area contributed by atoms with Crippen LogP contribution >= 0.6 is 0 Å². The van der Waals surface area contributed by atoms with E-state index in [4.69, 9.17) is 9.62 Å². The van der Waals surface area contributed by atoms with Crippen molar-refractivity contribution in [2.45, 2.75) is 0 Å². The number of nitrogens with one attached hydrogen (secondary N) is 1. The van der Waals surface area contributed by atoms with Crippen molar-refractivity contribution in [1.29, 1.82) is 0 Å². The lowest BCUT2D eigenvalue weighted by Gasteiger charge is -1.96. The summed E-state index contributed by atoms with van der Waals surface area (Å²) in [5.74, 6) is -0.510. The van der Waals surface area contributed by atoms with E-state index in [2.05, 4.69) is 10.5 Å². The fourth-order valence-corrected chi connectivity index (χ4v) is 1.29. The molecule has 15 heavy (non-hydrogen) atoms. The van der Waals surface area contributed by atoms with Crippen LogP contribution in [0.1, 0.15) is 0 Å². The van der Waals surface area contributed by atoms with Crippen LogP contribution in [0.3, 0.4) is 0 Å². The first kappa shape index (κ1) is 9.26. The summed E-state index contributed by atoms with van der Waals surface area (Å²) >= 11 is 0. The molecule has 1 amide bonds. The first-order chi connectivity index (χ1) is 7.31. The van der Waals surface area contributed by atoms with E-state index in [1.807, 2.05) is 18.2 Å². The van der Waals surface area contributed by atoms with Crippen molar-refractivity contribution in [2.75, 3.05) is 5.32 Å². The van der Waals surface area contributed by atoms with Crippen LogP contribution in [0.25, 0.3) is 11.0 Å². The van der Waals surface area contributed by atoms with Gasteiger partial charge >= 0.3 is 0 Å². The Bertz CT molecular complexity index is 516. The molecule has 0 saturated carbocycles. The zero-order valence-electron chi connectivity index (χ0n) is 7.68. The third-order valence-electron chi connectivity index (χ3n) is 1.91. The van der Waals surface area contributed by atoms with Crippen LogP contribution in [-0.2, 0) is 4.79 Å². The molecular weight excluding hydrogens is 196 g/mol. The highest BCUT2D eigenvalue weighted by Crippen LogP contribution is 2.24. The first-order valence-corrected chi connectivity index (χ1v) is 4.26. The van der Waals surface area contributed by atoms with Crippen molar-refractivity contribution in [3.63, 3.8) is 0 Å². The lowest BCUT2D eigenvalue weighted by atomic mass is 10.2. The Labute approximate surface area is 85.0 Å². The van der Waals surface area contributed by atoms with Crippen LogP contribution in [0, 0.1) is 0 Å². The number of furan rings is 1. The summed E-state index contributed by atoms with van der Waals surface area (Å²) in [6, 6.07) is 7.30. The molecule has 1 aromatic carbocycles. The van der Waals surface area contributed by atoms with Crippen molar-refractivity contribution in [3.05, 3.63) is 30.5 Å². The van der Waals surface area contributed by atoms with Gasteiger partial charge in [0.05, 0.1) is 5.69 Å². The van der Waals surface area contributed by atoms with Crippen molar-refractivity contribution >= 4 is 28.8 Å². The summed E-state index contributed by atoms with van der Waals surface area (Å²) in [6.45, 7) is 0. The molecule has 5 nitrogen and oxygen atoms in total. The summed E-state index contributed by atoms with van der Waals surface area (Å²) < 4.78 is 5.21. The molecular formula is C10H8N2O3. The minimum absolute atomic E-state index is 0.510. The monoisotopic (exact) mass is 204 g/mol. The third-order valence-corrected chi connectivity index (χ3v) is 1.91. The van der Waals surface area contributed by atoms with Gasteiger partial charge in [-0.15, -0.1) is 0 Å². The molecule has 0 atom stereocenters. The molecule has 5 heteroatoms. The fraction of sp³-hybridized carbons (Fsp3) is 0. The van der Waals surface area contributed by atoms with E-state index in [1.165, 1.54) is 6.26 Å². The summed E-state index contributed by atoms with van der Waals surface area (Å²) in [7, 11) is 0. The second-order valence-corrected chi connectivity index (χ2v) is 2.88. The minimum atomic E-state index is -0.510. The molecule has 76 valence electrons. The molecule has 0 aliphatic carbocycles. The van der Waals surface area contributed by atoms with Gasteiger partial charge in [-0.05, 0) is 12.1 Å². The molecule has 0 fully saturated rings. The summed E-state index contributed by atoms with van der Waals surface area (Å²) in [5, 5.41) is 14.1. The smallest absolute Gasteiger partial charge is 0.270 e. The number of amides is 1. The largest absolute Gasteiger partial charge is 0.462 e. The number of benzene rings is 1. The van der Waals surface area contributed by atoms with E-state index in [0.29, 0.717) is 11.3 Å². The number of rotatable bonds is 2. The number of anilines is 1. The highest BCUT2D eigenvalue weighted by atomic mass is 16.4. The number of para-hydroxylation sites is 1. The topological polar surface area (TPSA) is 74.8 Å². The van der Waals surface area contributed by atoms with E-state index < -0.39 is 5.91 Å². The van der Waals surface area contributed by atoms with Gasteiger partial charge in [0, 0.05) is 5.39 Å². The third kappa shape index (κ3) is 1.80. The second-order valence-electron chi connectivity index (χ2n) is 2.88. The lowest BCUT2D eigenvalue weighted by Crippen LogP contribution is -2.11. The standard InChI is InChI=1S/C10H8N2O3/c13-10(5-11-14)12-8-6-15-9-4-2-1-3-7(8)9/h1-6,14H,(H,12,13)/b11-5+. The Hall–Kier alpha value is -2.30. The average Bonchev–Trinajstić information content (AvgIpc) is 2.62. The molecule has 0 aliphatic heterocycles. The molecule has 0 unspecified atom stereocenters. The fourth-order valence-electron chi connectivity index (χ4n) is 1.29. The summed E-state index contributed by atoms with van der Waals surface area (Å²) in [6.07, 6.45) is 2.22. The molecule has 2 rings (SSSR count). The van der Waals surface area contributed by atoms with Crippen LogP contribution in [0.5, 0.6) is 0 Å². The Morgan fingerprint density at radius 1 is 1.47 bits per heavy atom. The van der Waals surface area contributed by atoms with Gasteiger partial charge in [-0.1, -0.05) is 17.3 Å². The van der Waals surface area contributed by atoms with Crippen LogP contribution in [0.2, 0.25) is 0 Å². The Kier molecular flexibility index (Phi) is 2.37. The van der Waals surface area contributed by atoms with Crippen LogP contribution < -0.4 is 5.32 Å². The highest BCUT2D eigenvalue weighted by Gasteiger charge is 2.06. The van der Waals surface area contributed by atoms with Crippen LogP contribution in [0.15, 0.2) is 40.1 Å². The molecule has 1 aromatic heterocycles. The first-order valence-electron chi connectivity index (χ1n) is 4.26. The van der Waals surface area contributed by atoms with Gasteiger partial charge in [0.2, 0.25) is 0 Å². The van der Waals surface area contributed by atoms with Crippen molar-refractivity contribution in [1.82, 2.24) is 0 Å². The Morgan fingerprint density at radius 3 is 3.07 bits per heavy atom. The predicted octanol–water partition coefficient (Wildman–Crippen LogP) is 1.83. The molecule has 0 saturated heterocycles. The maximum atomic E-state index is 11.1. The Morgan fingerprint density at radius 2 is 2.27 bits per heavy atom. The molecule has 0 bridgehead atoms. The van der Waals surface area contributed by atoms with Crippen LogP contribution in [-0.4, -0.2) is 17.3 Å². The molecule has 0 radical (unpaired) electrons. The van der Waals surface area contributed by atoms with Crippen molar-refractivity contribution in [2.24, 2.45) is 5.16 Å². The van der Waals surface area contributed by atoms with E-state index in [9.17, 15) is 4.79 Å². The quantitative estimate of drug-likeness (QED) is 0.445. The second kappa shape index (κ2) is 3.83. The number of carbonyl (C=O) groups is 1. The number of nitrogens with zero attached hydrogens (tertiary/aromatic N) is 1. The predicted molar refractivity (Wildman–Crippen MR) is 55.1 cm³/mol. The van der Waals surface area contributed by atoms with Crippen LogP contribution in [0.4, 0.5) is 5.69 Å². The number of hydrogen-bond acceptors (Lipinski definition) is 4. The minimum Gasteiger partial charge on any atom is -0.462 e. The molecule has 2 N–H and O–H groups in total. The van der Waals surface area contributed by atoms with E-state index in [-0.39, 0.29) is 0 Å². The average molecular weight is 204 g/mol. The van der Waals surface area contributed by atoms with Gasteiger partial charge in [-0.25, -0.2) is 0 Å². The number of carbonyl (C=O) groups excluding carboxylic acids is 1. The van der Waals surface area contributed by atoms with Gasteiger partial charge in [0.15, 0.2) is 0 Å². The summed E-state index contributed by atoms with van der Waals surface area (Å²) in [4.78, 5) is 11.1. The van der Waals surface area contributed by atoms with Gasteiger partial charge < -0.3 is 14.9 Å². The number of hydrogen-bond donors (Lipinski definition) is 2.